The topological polar surface area (TPSA) is 70.1 Å². The average Bonchev–Trinajstić information content (AvgIpc) is 3.29. The van der Waals surface area contributed by atoms with Crippen LogP contribution in [-0.4, -0.2) is 34.5 Å². The highest BCUT2D eigenvalue weighted by atomic mass is 16.6. The molecule has 3 unspecified atom stereocenters. The van der Waals surface area contributed by atoms with Gasteiger partial charge in [0.25, 0.3) is 0 Å². The van der Waals surface area contributed by atoms with Gasteiger partial charge in [0.1, 0.15) is 6.10 Å². The van der Waals surface area contributed by atoms with Gasteiger partial charge < -0.3 is 14.9 Å². The third-order valence-electron chi connectivity index (χ3n) is 4.29. The predicted molar refractivity (Wildman–Crippen MR) is 97.0 cm³/mol. The average molecular weight is 338 g/mol. The van der Waals surface area contributed by atoms with Gasteiger partial charge in [-0.05, 0) is 32.1 Å². The molecule has 0 aromatic rings. The molecule has 1 rings (SSSR count). The highest BCUT2D eigenvalue weighted by molar-refractivity contribution is 5.66. The predicted octanol–water partition coefficient (Wildman–Crippen LogP) is 4.62. The Bertz CT molecular complexity index is 389. The first-order valence-corrected chi connectivity index (χ1v) is 9.52. The third kappa shape index (κ3) is 11.4. The minimum Gasteiger partial charge on any atom is -0.481 e. The highest BCUT2D eigenvalue weighted by Crippen LogP contribution is 2.28. The fourth-order valence-corrected chi connectivity index (χ4v) is 2.72. The van der Waals surface area contributed by atoms with E-state index < -0.39 is 12.1 Å². The van der Waals surface area contributed by atoms with Crippen molar-refractivity contribution in [1.29, 1.82) is 0 Å². The van der Waals surface area contributed by atoms with Crippen molar-refractivity contribution in [3.05, 3.63) is 24.3 Å². The quantitative estimate of drug-likeness (QED) is 0.260. The molecule has 1 saturated heterocycles. The number of hydrogen-bond donors (Lipinski definition) is 2. The summed E-state index contributed by atoms with van der Waals surface area (Å²) in [4.78, 5) is 10.4. The molecule has 0 spiro atoms. The molecule has 3 atom stereocenters. The van der Waals surface area contributed by atoms with Gasteiger partial charge >= 0.3 is 5.97 Å². The van der Waals surface area contributed by atoms with Crippen molar-refractivity contribution in [1.82, 2.24) is 0 Å². The Morgan fingerprint density at radius 2 is 1.88 bits per heavy atom. The molecular formula is C20H34O4. The summed E-state index contributed by atoms with van der Waals surface area (Å²) in [5.41, 5.74) is 0. The Morgan fingerprint density at radius 1 is 1.12 bits per heavy atom. The van der Waals surface area contributed by atoms with Crippen LogP contribution in [0.5, 0.6) is 0 Å². The van der Waals surface area contributed by atoms with Gasteiger partial charge in [-0.2, -0.15) is 0 Å². The van der Waals surface area contributed by atoms with E-state index in [-0.39, 0.29) is 18.6 Å². The smallest absolute Gasteiger partial charge is 0.303 e. The molecule has 24 heavy (non-hydrogen) atoms. The van der Waals surface area contributed by atoms with Crippen LogP contribution in [0.25, 0.3) is 0 Å². The van der Waals surface area contributed by atoms with E-state index in [9.17, 15) is 9.90 Å². The van der Waals surface area contributed by atoms with Gasteiger partial charge in [0.2, 0.25) is 0 Å². The van der Waals surface area contributed by atoms with Crippen molar-refractivity contribution >= 4 is 5.97 Å². The minimum absolute atomic E-state index is 0.0561. The van der Waals surface area contributed by atoms with E-state index in [0.717, 1.165) is 12.8 Å². The number of aliphatic hydroxyl groups is 1. The van der Waals surface area contributed by atoms with Crippen molar-refractivity contribution in [2.45, 2.75) is 95.9 Å². The van der Waals surface area contributed by atoms with Crippen LogP contribution >= 0.6 is 0 Å². The monoisotopic (exact) mass is 338 g/mol. The lowest BCUT2D eigenvalue weighted by Crippen LogP contribution is -2.01. The number of carboxylic acid groups (broad SMARTS) is 1. The number of rotatable bonds is 15. The van der Waals surface area contributed by atoms with Crippen LogP contribution in [0.1, 0.15) is 77.6 Å². The first kappa shape index (κ1) is 20.9. The summed E-state index contributed by atoms with van der Waals surface area (Å²) in [7, 11) is 0. The van der Waals surface area contributed by atoms with Gasteiger partial charge in [0.15, 0.2) is 0 Å². The number of hydrogen-bond acceptors (Lipinski definition) is 3. The molecule has 1 heterocycles. The van der Waals surface area contributed by atoms with Crippen molar-refractivity contribution in [3.63, 3.8) is 0 Å². The van der Waals surface area contributed by atoms with Gasteiger partial charge in [0, 0.05) is 6.42 Å². The lowest BCUT2D eigenvalue weighted by atomic mass is 10.1. The van der Waals surface area contributed by atoms with Crippen LogP contribution < -0.4 is 0 Å². The van der Waals surface area contributed by atoms with Crippen molar-refractivity contribution in [2.24, 2.45) is 0 Å². The maximum absolute atomic E-state index is 10.4. The SMILES string of the molecule is CCCCCCCC/C=C\CC(O)/C=C/C1OC1CCCC(=O)O. The molecule has 1 aliphatic heterocycles. The second-order valence-corrected chi connectivity index (χ2v) is 6.64. The largest absolute Gasteiger partial charge is 0.481 e. The zero-order valence-electron chi connectivity index (χ0n) is 15.0. The first-order valence-electron chi connectivity index (χ1n) is 9.52. The lowest BCUT2D eigenvalue weighted by Gasteiger charge is -2.00. The Morgan fingerprint density at radius 3 is 2.62 bits per heavy atom. The molecule has 4 heteroatoms. The summed E-state index contributed by atoms with van der Waals surface area (Å²) in [6, 6.07) is 0. The van der Waals surface area contributed by atoms with E-state index in [2.05, 4.69) is 19.1 Å². The van der Waals surface area contributed by atoms with Gasteiger partial charge in [-0.1, -0.05) is 63.3 Å². The molecule has 0 amide bonds. The van der Waals surface area contributed by atoms with E-state index in [1.54, 1.807) is 6.08 Å². The van der Waals surface area contributed by atoms with Crippen molar-refractivity contribution in [2.75, 3.05) is 0 Å². The molecule has 2 N–H and O–H groups in total. The van der Waals surface area contributed by atoms with E-state index in [0.29, 0.717) is 12.8 Å². The molecule has 1 aliphatic rings. The molecular weight excluding hydrogens is 304 g/mol. The maximum atomic E-state index is 10.4. The van der Waals surface area contributed by atoms with Crippen LogP contribution in [0.2, 0.25) is 0 Å². The maximum Gasteiger partial charge on any atom is 0.303 e. The van der Waals surface area contributed by atoms with Crippen LogP contribution in [0, 0.1) is 0 Å². The molecule has 138 valence electrons. The fraction of sp³-hybridized carbons (Fsp3) is 0.750. The van der Waals surface area contributed by atoms with Crippen LogP contribution in [0.4, 0.5) is 0 Å². The standard InChI is InChI=1S/C20H34O4/c1-2-3-4-5-6-7-8-9-10-12-17(21)15-16-19-18(24-19)13-11-14-20(22)23/h9-10,15-19,21H,2-8,11-14H2,1H3,(H,22,23)/b10-9-,16-15+. The molecule has 0 saturated carbocycles. The molecule has 1 fully saturated rings. The summed E-state index contributed by atoms with van der Waals surface area (Å²) in [5, 5.41) is 18.5. The molecule has 0 radical (unpaired) electrons. The molecule has 0 aromatic heterocycles. The minimum atomic E-state index is -0.758. The second kappa shape index (κ2) is 13.2. The van der Waals surface area contributed by atoms with Crippen molar-refractivity contribution in [3.8, 4) is 0 Å². The molecule has 0 aromatic carbocycles. The Balaban J connectivity index is 1.97. The second-order valence-electron chi connectivity index (χ2n) is 6.64. The number of carbonyl (C=O) groups is 1. The van der Waals surface area contributed by atoms with Crippen molar-refractivity contribution < 1.29 is 19.7 Å². The highest BCUT2D eigenvalue weighted by Gasteiger charge is 2.35. The summed E-state index contributed by atoms with van der Waals surface area (Å²) in [6.07, 6.45) is 18.9. The Labute approximate surface area is 146 Å². The Kier molecular flexibility index (Phi) is 11.5. The fourth-order valence-electron chi connectivity index (χ4n) is 2.72. The number of carboxylic acids is 1. The van der Waals surface area contributed by atoms with E-state index >= 15 is 0 Å². The van der Waals surface area contributed by atoms with Gasteiger partial charge in [-0.15, -0.1) is 0 Å². The van der Waals surface area contributed by atoms with E-state index in [1.807, 2.05) is 6.08 Å². The summed E-state index contributed by atoms with van der Waals surface area (Å²) in [5.74, 6) is -0.758. The molecule has 0 aliphatic carbocycles. The lowest BCUT2D eigenvalue weighted by molar-refractivity contribution is -0.137. The zero-order valence-corrected chi connectivity index (χ0v) is 15.0. The number of unbranched alkanes of at least 4 members (excludes halogenated alkanes) is 6. The number of aliphatic carboxylic acids is 1. The van der Waals surface area contributed by atoms with E-state index in [4.69, 9.17) is 9.84 Å². The summed E-state index contributed by atoms with van der Waals surface area (Å²) in [6.45, 7) is 2.23. The summed E-state index contributed by atoms with van der Waals surface area (Å²) >= 11 is 0. The van der Waals surface area contributed by atoms with Crippen LogP contribution in [0.3, 0.4) is 0 Å². The number of epoxide rings is 1. The van der Waals surface area contributed by atoms with Gasteiger partial charge in [0.05, 0.1) is 12.2 Å². The van der Waals surface area contributed by atoms with Gasteiger partial charge in [-0.3, -0.25) is 4.79 Å². The van der Waals surface area contributed by atoms with E-state index in [1.165, 1.54) is 38.5 Å². The third-order valence-corrected chi connectivity index (χ3v) is 4.29. The number of aliphatic hydroxyl groups excluding tert-OH is 1. The molecule has 4 nitrogen and oxygen atoms in total. The normalized spacial score (nSPS) is 21.6. The number of allylic oxidation sites excluding steroid dienone is 1. The van der Waals surface area contributed by atoms with Crippen LogP contribution in [0.15, 0.2) is 24.3 Å². The van der Waals surface area contributed by atoms with Crippen LogP contribution in [-0.2, 0) is 9.53 Å². The molecule has 0 bridgehead atoms. The number of ether oxygens (including phenoxy) is 1. The van der Waals surface area contributed by atoms with Gasteiger partial charge in [-0.25, -0.2) is 0 Å². The summed E-state index contributed by atoms with van der Waals surface area (Å²) < 4.78 is 5.44. The zero-order chi connectivity index (χ0) is 17.6. The first-order chi connectivity index (χ1) is 11.6. The Hall–Kier alpha value is -1.13.